The average molecular weight is 769 g/mol. The smallest absolute Gasteiger partial charge is 0.270 e. The number of para-hydroxylation sites is 2. The lowest BCUT2D eigenvalue weighted by molar-refractivity contribution is 0.443. The van der Waals surface area contributed by atoms with Gasteiger partial charge in [0.25, 0.3) is 6.71 Å². The van der Waals surface area contributed by atoms with Crippen LogP contribution >= 0.6 is 0 Å². The van der Waals surface area contributed by atoms with Crippen LogP contribution in [0.5, 0.6) is 34.5 Å². The van der Waals surface area contributed by atoms with Crippen molar-refractivity contribution in [2.45, 2.75) is 6.92 Å². The van der Waals surface area contributed by atoms with E-state index in [9.17, 15) is 2.74 Å². The molecule has 0 amide bonds. The highest BCUT2D eigenvalue weighted by molar-refractivity contribution is 7.20. The Bertz CT molecular complexity index is 3650. The minimum absolute atomic E-state index is 0.0159. The Balaban J connectivity index is 1.13. The molecule has 0 atom stereocenters. The third kappa shape index (κ3) is 4.19. The SMILES string of the molecule is [2H]c1c([2H])c([2H])c2c(c1[2H])n(-c1cccc([Si](c3ccccc3)(c3ccccc3)c3cc4c5c(c3)Oc3cccc6c3B5c3c(cccc3O4)O6)c1)c1nc3c([2H])c(C)c([2H])c([2H])c3n21. The summed E-state index contributed by atoms with van der Waals surface area (Å²) in [7, 11) is -3.44. The quantitative estimate of drug-likeness (QED) is 0.141. The van der Waals surface area contributed by atoms with E-state index in [2.05, 4.69) is 48.5 Å². The summed E-state index contributed by atoms with van der Waals surface area (Å²) in [5.74, 6) is 4.53. The van der Waals surface area contributed by atoms with Crippen LogP contribution in [0.25, 0.3) is 33.5 Å². The Hall–Kier alpha value is -7.29. The van der Waals surface area contributed by atoms with Gasteiger partial charge in [0.1, 0.15) is 34.5 Å². The second-order valence-electron chi connectivity index (χ2n) is 15.0. The molecule has 6 nitrogen and oxygen atoms in total. The van der Waals surface area contributed by atoms with E-state index >= 15 is 0 Å². The van der Waals surface area contributed by atoms with Crippen LogP contribution in [-0.4, -0.2) is 28.7 Å². The number of fused-ring (bicyclic) bond motifs is 5. The van der Waals surface area contributed by atoms with Gasteiger partial charge in [-0.15, -0.1) is 0 Å². The van der Waals surface area contributed by atoms with Crippen molar-refractivity contribution >= 4 is 79.8 Å². The number of aromatic nitrogens is 3. The molecule has 0 unspecified atom stereocenters. The Morgan fingerprint density at radius 3 is 1.72 bits per heavy atom. The second kappa shape index (κ2) is 11.6. The number of benzene rings is 8. The van der Waals surface area contributed by atoms with E-state index in [4.69, 9.17) is 26.0 Å². The molecule has 8 heteroatoms. The predicted molar refractivity (Wildman–Crippen MR) is 236 cm³/mol. The van der Waals surface area contributed by atoms with E-state index in [-0.39, 0.29) is 64.8 Å². The van der Waals surface area contributed by atoms with Crippen LogP contribution in [0.2, 0.25) is 0 Å². The molecule has 272 valence electrons. The molecule has 0 spiro atoms. The van der Waals surface area contributed by atoms with Crippen molar-refractivity contribution in [3.8, 4) is 40.2 Å². The highest BCUT2D eigenvalue weighted by atomic mass is 28.3. The molecular weight excluding hydrogens is 729 g/mol. The van der Waals surface area contributed by atoms with E-state index < -0.39 is 20.2 Å². The predicted octanol–water partition coefficient (Wildman–Crippen LogP) is 6.95. The first kappa shape index (κ1) is 25.8. The molecule has 0 saturated heterocycles. The van der Waals surface area contributed by atoms with Gasteiger partial charge in [-0.25, -0.2) is 4.98 Å². The summed E-state index contributed by atoms with van der Waals surface area (Å²) in [6, 6.07) is 43.3. The molecule has 0 saturated carbocycles. The van der Waals surface area contributed by atoms with Gasteiger partial charge in [-0.3, -0.25) is 8.97 Å². The van der Waals surface area contributed by atoms with Gasteiger partial charge in [-0.2, -0.15) is 0 Å². The molecule has 0 aliphatic carbocycles. The maximum absolute atomic E-state index is 9.32. The van der Waals surface area contributed by atoms with Crippen LogP contribution in [0, 0.1) is 6.92 Å². The Labute approximate surface area is 345 Å². The normalized spacial score (nSPS) is 15.0. The van der Waals surface area contributed by atoms with Crippen molar-refractivity contribution in [1.29, 1.82) is 0 Å². The van der Waals surface area contributed by atoms with Gasteiger partial charge in [0.15, 0.2) is 8.07 Å². The first-order valence-corrected chi connectivity index (χ1v) is 21.2. The number of ether oxygens (including phenoxy) is 3. The summed E-state index contributed by atoms with van der Waals surface area (Å²) < 4.78 is 86.4. The van der Waals surface area contributed by atoms with Gasteiger partial charge in [0, 0.05) is 22.1 Å². The lowest BCUT2D eigenvalue weighted by atomic mass is 9.34. The molecular formula is C50H32BN3O3Si. The fourth-order valence-electron chi connectivity index (χ4n) is 9.59. The van der Waals surface area contributed by atoms with Gasteiger partial charge in [-0.05, 0) is 106 Å². The number of hydrogen-bond donors (Lipinski definition) is 0. The van der Waals surface area contributed by atoms with Crippen LogP contribution < -0.4 is 51.3 Å². The van der Waals surface area contributed by atoms with Crippen molar-refractivity contribution in [3.63, 3.8) is 0 Å². The van der Waals surface area contributed by atoms with Crippen LogP contribution in [-0.2, 0) is 0 Å². The average Bonchev–Trinajstić information content (AvgIpc) is 3.88. The first-order valence-electron chi connectivity index (χ1n) is 22.7. The molecule has 0 bridgehead atoms. The van der Waals surface area contributed by atoms with Crippen LogP contribution in [0.4, 0.5) is 0 Å². The van der Waals surface area contributed by atoms with Gasteiger partial charge < -0.3 is 14.2 Å². The maximum Gasteiger partial charge on any atom is 0.270 e. The zero-order valence-electron chi connectivity index (χ0n) is 37.8. The van der Waals surface area contributed by atoms with E-state index in [1.165, 1.54) is 4.40 Å². The maximum atomic E-state index is 9.32. The van der Waals surface area contributed by atoms with Gasteiger partial charge in [0.2, 0.25) is 5.78 Å². The summed E-state index contributed by atoms with van der Waals surface area (Å²) in [6.07, 6.45) is 0. The molecule has 3 aliphatic heterocycles. The molecule has 3 aliphatic rings. The van der Waals surface area contributed by atoms with Crippen molar-refractivity contribution in [3.05, 3.63) is 181 Å². The summed E-state index contributed by atoms with van der Waals surface area (Å²) in [5, 5.41) is 4.08. The lowest BCUT2D eigenvalue weighted by Gasteiger charge is -2.39. The summed E-state index contributed by atoms with van der Waals surface area (Å²) in [6.45, 7) is 1.45. The molecule has 8 aromatic carbocycles. The number of rotatable bonds is 5. The fraction of sp³-hybridized carbons (Fsp3) is 0.0200. The van der Waals surface area contributed by atoms with Crippen molar-refractivity contribution in [2.75, 3.05) is 0 Å². The first-order chi connectivity index (χ1) is 31.6. The van der Waals surface area contributed by atoms with Gasteiger partial charge in [-0.1, -0.05) is 103 Å². The third-order valence-corrected chi connectivity index (χ3v) is 16.6. The molecule has 10 aromatic rings. The summed E-state index contributed by atoms with van der Waals surface area (Å²) >= 11 is 0. The van der Waals surface area contributed by atoms with Crippen molar-refractivity contribution in [1.82, 2.24) is 14.0 Å². The lowest BCUT2D eigenvalue weighted by Crippen LogP contribution is -2.75. The van der Waals surface area contributed by atoms with Crippen LogP contribution in [0.1, 0.15) is 15.2 Å². The summed E-state index contributed by atoms with van der Waals surface area (Å²) in [4.78, 5) is 4.95. The third-order valence-electron chi connectivity index (χ3n) is 11.9. The second-order valence-corrected chi connectivity index (χ2v) is 18.8. The van der Waals surface area contributed by atoms with Crippen molar-refractivity contribution in [2.24, 2.45) is 0 Å². The Morgan fingerprint density at radius 2 is 1.09 bits per heavy atom. The number of hydrogen-bond acceptors (Lipinski definition) is 4. The monoisotopic (exact) mass is 768 g/mol. The molecule has 0 fully saturated rings. The largest absolute Gasteiger partial charge is 0.458 e. The molecule has 0 radical (unpaired) electrons. The highest BCUT2D eigenvalue weighted by Crippen LogP contribution is 2.41. The zero-order valence-corrected chi connectivity index (χ0v) is 31.8. The van der Waals surface area contributed by atoms with Crippen LogP contribution in [0.3, 0.4) is 0 Å². The minimum atomic E-state index is -3.44. The number of nitrogens with zero attached hydrogens (tertiary/aromatic N) is 3. The van der Waals surface area contributed by atoms with Gasteiger partial charge >= 0.3 is 0 Å². The zero-order chi connectivity index (χ0) is 44.2. The van der Waals surface area contributed by atoms with E-state index in [1.54, 1.807) is 11.5 Å². The number of imidazole rings is 2. The van der Waals surface area contributed by atoms with Crippen LogP contribution in [0.15, 0.2) is 176 Å². The molecule has 0 N–H and O–H groups in total. The fourth-order valence-corrected chi connectivity index (χ4v) is 14.4. The molecule has 2 aromatic heterocycles. The molecule has 5 heterocycles. The Kier molecular flexibility index (Phi) is 5.17. The highest BCUT2D eigenvalue weighted by Gasteiger charge is 2.49. The van der Waals surface area contributed by atoms with Crippen molar-refractivity contribution < 1.29 is 23.8 Å². The van der Waals surface area contributed by atoms with E-state index in [0.717, 1.165) is 60.1 Å². The van der Waals surface area contributed by atoms with E-state index in [1.807, 2.05) is 84.9 Å². The minimum Gasteiger partial charge on any atom is -0.458 e. The standard InChI is InChI=1S/C50H32BN3O3Si/c1-31-25-26-38-37(27-31)52-50-53(39-19-8-9-20-40(39)54(38)50)32-13-10-18-35(28-32)58(33-14-4-2-5-15-33,34-16-6-3-7-17-34)36-29-45-49-46(30-36)57-44-24-12-22-42-48(44)51(49)47-41(55-42)21-11-23-43(47)56-45/h2-30H,1H3/i8D,9D,19D,20D,25D,26D,27D. The molecule has 13 rings (SSSR count). The van der Waals surface area contributed by atoms with E-state index in [0.29, 0.717) is 22.7 Å². The topological polar surface area (TPSA) is 49.9 Å². The Morgan fingerprint density at radius 1 is 0.534 bits per heavy atom. The summed E-state index contributed by atoms with van der Waals surface area (Å²) in [5.41, 5.74) is 4.31. The molecule has 58 heavy (non-hydrogen) atoms. The van der Waals surface area contributed by atoms with Gasteiger partial charge in [0.05, 0.1) is 31.7 Å².